The standard InChI is InChI=1S/C16H21N3OS/c1-5-17-14-10-15(19-16(18-14)21-4)20-13-8-6-7-12(9-13)11(2)3/h6-11H,5H2,1-4H3,(H,17,18,19). The predicted octanol–water partition coefficient (Wildman–Crippen LogP) is 4.55. The van der Waals surface area contributed by atoms with Gasteiger partial charge in [0.1, 0.15) is 11.6 Å². The van der Waals surface area contributed by atoms with E-state index in [0.717, 1.165) is 18.1 Å². The summed E-state index contributed by atoms with van der Waals surface area (Å²) in [4.78, 5) is 8.78. The van der Waals surface area contributed by atoms with Gasteiger partial charge in [-0.05, 0) is 36.8 Å². The van der Waals surface area contributed by atoms with E-state index < -0.39 is 0 Å². The van der Waals surface area contributed by atoms with E-state index in [0.29, 0.717) is 17.0 Å². The Balaban J connectivity index is 2.25. The van der Waals surface area contributed by atoms with Crippen LogP contribution < -0.4 is 10.1 Å². The normalized spacial score (nSPS) is 10.7. The number of thioether (sulfide) groups is 1. The molecule has 1 N–H and O–H groups in total. The largest absolute Gasteiger partial charge is 0.439 e. The molecule has 2 aromatic rings. The maximum absolute atomic E-state index is 5.89. The summed E-state index contributed by atoms with van der Waals surface area (Å²) < 4.78 is 5.89. The number of aromatic nitrogens is 2. The highest BCUT2D eigenvalue weighted by Gasteiger charge is 2.07. The van der Waals surface area contributed by atoms with Crippen LogP contribution in [0.25, 0.3) is 0 Å². The van der Waals surface area contributed by atoms with Gasteiger partial charge in [0.05, 0.1) is 0 Å². The van der Waals surface area contributed by atoms with E-state index in [4.69, 9.17) is 4.74 Å². The molecular formula is C16H21N3OS. The SMILES string of the molecule is CCNc1cc(Oc2cccc(C(C)C)c2)nc(SC)n1. The van der Waals surface area contributed by atoms with Gasteiger partial charge in [-0.1, -0.05) is 37.7 Å². The molecule has 1 aromatic carbocycles. The minimum atomic E-state index is 0.470. The Labute approximate surface area is 130 Å². The number of anilines is 1. The lowest BCUT2D eigenvalue weighted by Crippen LogP contribution is -2.02. The highest BCUT2D eigenvalue weighted by atomic mass is 32.2. The summed E-state index contributed by atoms with van der Waals surface area (Å²) in [6.07, 6.45) is 1.95. The lowest BCUT2D eigenvalue weighted by Gasteiger charge is -2.11. The summed E-state index contributed by atoms with van der Waals surface area (Å²) in [6.45, 7) is 7.18. The van der Waals surface area contributed by atoms with Gasteiger partial charge in [0.15, 0.2) is 5.16 Å². The van der Waals surface area contributed by atoms with Crippen LogP contribution in [-0.4, -0.2) is 22.8 Å². The number of ether oxygens (including phenoxy) is 1. The number of rotatable bonds is 6. The van der Waals surface area contributed by atoms with Crippen molar-refractivity contribution >= 4 is 17.6 Å². The molecule has 1 heterocycles. The minimum absolute atomic E-state index is 0.470. The molecule has 0 atom stereocenters. The van der Waals surface area contributed by atoms with Crippen LogP contribution in [0.1, 0.15) is 32.3 Å². The van der Waals surface area contributed by atoms with Crippen molar-refractivity contribution in [3.63, 3.8) is 0 Å². The van der Waals surface area contributed by atoms with E-state index in [1.807, 2.05) is 31.4 Å². The smallest absolute Gasteiger partial charge is 0.225 e. The molecule has 0 aliphatic carbocycles. The molecule has 5 heteroatoms. The monoisotopic (exact) mass is 303 g/mol. The molecular weight excluding hydrogens is 282 g/mol. The first-order valence-corrected chi connectivity index (χ1v) is 8.29. The van der Waals surface area contributed by atoms with Crippen LogP contribution in [0.4, 0.5) is 5.82 Å². The first-order valence-electron chi connectivity index (χ1n) is 7.07. The Morgan fingerprint density at radius 1 is 1.24 bits per heavy atom. The van der Waals surface area contributed by atoms with Gasteiger partial charge in [-0.15, -0.1) is 0 Å². The lowest BCUT2D eigenvalue weighted by molar-refractivity contribution is 0.455. The van der Waals surface area contributed by atoms with Crippen LogP contribution in [0.5, 0.6) is 11.6 Å². The first-order chi connectivity index (χ1) is 10.1. The van der Waals surface area contributed by atoms with Gasteiger partial charge < -0.3 is 10.1 Å². The molecule has 112 valence electrons. The summed E-state index contributed by atoms with van der Waals surface area (Å²) in [5.41, 5.74) is 1.25. The summed E-state index contributed by atoms with van der Waals surface area (Å²) in [5.74, 6) is 2.62. The van der Waals surface area contributed by atoms with Gasteiger partial charge in [0, 0.05) is 12.6 Å². The highest BCUT2D eigenvalue weighted by Crippen LogP contribution is 2.26. The van der Waals surface area contributed by atoms with Crippen molar-refractivity contribution in [3.8, 4) is 11.6 Å². The minimum Gasteiger partial charge on any atom is -0.439 e. The van der Waals surface area contributed by atoms with Crippen molar-refractivity contribution in [3.05, 3.63) is 35.9 Å². The first kappa shape index (κ1) is 15.6. The van der Waals surface area contributed by atoms with Gasteiger partial charge >= 0.3 is 0 Å². The van der Waals surface area contributed by atoms with Crippen LogP contribution in [0.2, 0.25) is 0 Å². The number of hydrogen-bond donors (Lipinski definition) is 1. The lowest BCUT2D eigenvalue weighted by atomic mass is 10.0. The Morgan fingerprint density at radius 2 is 2.05 bits per heavy atom. The van der Waals surface area contributed by atoms with Crippen LogP contribution in [-0.2, 0) is 0 Å². The van der Waals surface area contributed by atoms with Gasteiger partial charge in [-0.2, -0.15) is 4.98 Å². The molecule has 2 rings (SSSR count). The zero-order valence-electron chi connectivity index (χ0n) is 12.9. The second-order valence-corrected chi connectivity index (χ2v) is 5.71. The van der Waals surface area contributed by atoms with E-state index in [2.05, 4.69) is 41.3 Å². The molecule has 0 fully saturated rings. The van der Waals surface area contributed by atoms with Crippen LogP contribution in [0, 0.1) is 0 Å². The molecule has 0 saturated carbocycles. The summed E-state index contributed by atoms with van der Waals surface area (Å²) in [5, 5.41) is 3.89. The summed E-state index contributed by atoms with van der Waals surface area (Å²) >= 11 is 1.50. The summed E-state index contributed by atoms with van der Waals surface area (Å²) in [6, 6.07) is 9.94. The molecule has 1 aromatic heterocycles. The average molecular weight is 303 g/mol. The predicted molar refractivity (Wildman–Crippen MR) is 88.6 cm³/mol. The molecule has 0 aliphatic heterocycles. The average Bonchev–Trinajstić information content (AvgIpc) is 2.47. The quantitative estimate of drug-likeness (QED) is 0.627. The van der Waals surface area contributed by atoms with Crippen LogP contribution in [0.15, 0.2) is 35.5 Å². The Bertz CT molecular complexity index is 602. The number of hydrogen-bond acceptors (Lipinski definition) is 5. The summed E-state index contributed by atoms with van der Waals surface area (Å²) in [7, 11) is 0. The third-order valence-corrected chi connectivity index (χ3v) is 3.52. The van der Waals surface area contributed by atoms with Crippen molar-refractivity contribution in [2.45, 2.75) is 31.8 Å². The van der Waals surface area contributed by atoms with Crippen molar-refractivity contribution in [2.75, 3.05) is 18.1 Å². The second kappa shape index (κ2) is 7.31. The molecule has 0 amide bonds. The topological polar surface area (TPSA) is 47.0 Å². The van der Waals surface area contributed by atoms with E-state index in [-0.39, 0.29) is 0 Å². The number of nitrogens with one attached hydrogen (secondary N) is 1. The second-order valence-electron chi connectivity index (χ2n) is 4.94. The van der Waals surface area contributed by atoms with E-state index >= 15 is 0 Å². The maximum Gasteiger partial charge on any atom is 0.225 e. The van der Waals surface area contributed by atoms with Crippen LogP contribution >= 0.6 is 11.8 Å². The molecule has 0 bridgehead atoms. The van der Waals surface area contributed by atoms with Gasteiger partial charge in [0.25, 0.3) is 0 Å². The molecule has 4 nitrogen and oxygen atoms in total. The molecule has 21 heavy (non-hydrogen) atoms. The van der Waals surface area contributed by atoms with Gasteiger partial charge in [0.2, 0.25) is 5.88 Å². The Hall–Kier alpha value is -1.75. The Morgan fingerprint density at radius 3 is 2.71 bits per heavy atom. The zero-order valence-corrected chi connectivity index (χ0v) is 13.7. The van der Waals surface area contributed by atoms with Crippen molar-refractivity contribution < 1.29 is 4.74 Å². The van der Waals surface area contributed by atoms with Gasteiger partial charge in [-0.25, -0.2) is 4.98 Å². The number of benzene rings is 1. The third kappa shape index (κ3) is 4.36. The fourth-order valence-electron chi connectivity index (χ4n) is 1.88. The van der Waals surface area contributed by atoms with Crippen LogP contribution in [0.3, 0.4) is 0 Å². The van der Waals surface area contributed by atoms with Gasteiger partial charge in [-0.3, -0.25) is 0 Å². The van der Waals surface area contributed by atoms with Crippen molar-refractivity contribution in [1.82, 2.24) is 9.97 Å². The third-order valence-electron chi connectivity index (χ3n) is 2.97. The van der Waals surface area contributed by atoms with E-state index in [1.54, 1.807) is 0 Å². The highest BCUT2D eigenvalue weighted by molar-refractivity contribution is 7.98. The fraction of sp³-hybridized carbons (Fsp3) is 0.375. The molecule has 0 spiro atoms. The molecule has 0 saturated heterocycles. The Kier molecular flexibility index (Phi) is 5.44. The van der Waals surface area contributed by atoms with Crippen molar-refractivity contribution in [1.29, 1.82) is 0 Å². The zero-order chi connectivity index (χ0) is 15.2. The van der Waals surface area contributed by atoms with E-state index in [1.165, 1.54) is 17.3 Å². The van der Waals surface area contributed by atoms with Crippen molar-refractivity contribution in [2.24, 2.45) is 0 Å². The fourth-order valence-corrected chi connectivity index (χ4v) is 2.25. The molecule has 0 unspecified atom stereocenters. The maximum atomic E-state index is 5.89. The molecule has 0 radical (unpaired) electrons. The van der Waals surface area contributed by atoms with E-state index in [9.17, 15) is 0 Å². The molecule has 0 aliphatic rings. The number of nitrogens with zero attached hydrogens (tertiary/aromatic N) is 2.